The fraction of sp³-hybridized carbons (Fsp3) is 0.324. The van der Waals surface area contributed by atoms with Gasteiger partial charge in [-0.3, -0.25) is 0 Å². The Morgan fingerprint density at radius 2 is 1.80 bits per heavy atom. The number of carbonyl (C=O) groups is 1. The highest BCUT2D eigenvalue weighted by atomic mass is 79.9. The number of alkyl carbamates (subject to hydrolysis) is 1. The molecule has 1 unspecified atom stereocenters. The lowest BCUT2D eigenvalue weighted by Gasteiger charge is -2.29. The monoisotopic (exact) mass is 677 g/mol. The smallest absolute Gasteiger partial charge is 0.407 e. The van der Waals surface area contributed by atoms with Crippen LogP contribution in [-0.4, -0.2) is 31.4 Å². The van der Waals surface area contributed by atoms with Crippen molar-refractivity contribution in [3.63, 3.8) is 0 Å². The lowest BCUT2D eigenvalue weighted by molar-refractivity contribution is 0.127. The van der Waals surface area contributed by atoms with E-state index in [1.165, 1.54) is 24.3 Å². The minimum atomic E-state index is -0.660. The number of aromatic nitrogens is 4. The van der Waals surface area contributed by atoms with Crippen molar-refractivity contribution in [2.75, 3.05) is 0 Å². The van der Waals surface area contributed by atoms with E-state index in [4.69, 9.17) is 19.6 Å². The van der Waals surface area contributed by atoms with Crippen molar-refractivity contribution < 1.29 is 23.0 Å². The highest BCUT2D eigenvalue weighted by Gasteiger charge is 2.35. The Morgan fingerprint density at radius 3 is 2.60 bits per heavy atom. The summed E-state index contributed by atoms with van der Waals surface area (Å²) in [5.74, 6) is -0.257. The number of fused-ring (bicyclic) bond motifs is 8. The molecule has 2 N–H and O–H groups in total. The molecule has 1 amide bonds. The molecule has 1 atom stereocenters. The number of hydrogen-bond acceptors (Lipinski definition) is 5. The van der Waals surface area contributed by atoms with Gasteiger partial charge < -0.3 is 19.8 Å². The molecule has 1 aliphatic heterocycles. The molecule has 3 heterocycles. The molecule has 0 fully saturated rings. The van der Waals surface area contributed by atoms with Crippen LogP contribution in [0.15, 0.2) is 65.3 Å². The van der Waals surface area contributed by atoms with Crippen molar-refractivity contribution in [2.45, 2.75) is 64.0 Å². The van der Waals surface area contributed by atoms with E-state index in [-0.39, 0.29) is 23.7 Å². The Balaban J connectivity index is 1.49. The molecule has 2 aromatic heterocycles. The zero-order valence-corrected chi connectivity index (χ0v) is 27.1. The number of halogens is 3. The van der Waals surface area contributed by atoms with Crippen LogP contribution < -0.4 is 10.1 Å². The van der Waals surface area contributed by atoms with Crippen LogP contribution in [-0.2, 0) is 23.8 Å². The first-order chi connectivity index (χ1) is 21.4. The van der Waals surface area contributed by atoms with Crippen molar-refractivity contribution in [1.29, 1.82) is 0 Å². The van der Waals surface area contributed by atoms with Gasteiger partial charge in [-0.1, -0.05) is 40.9 Å². The Kier molecular flexibility index (Phi) is 8.15. The molecule has 5 aromatic rings. The van der Waals surface area contributed by atoms with Crippen molar-refractivity contribution in [1.82, 2.24) is 25.1 Å². The van der Waals surface area contributed by atoms with Crippen molar-refractivity contribution in [2.24, 2.45) is 7.05 Å². The normalized spacial score (nSPS) is 19.0. The average molecular weight is 679 g/mol. The molecule has 4 bridgehead atoms. The number of hydrogen-bond donors (Lipinski definition) is 2. The van der Waals surface area contributed by atoms with Gasteiger partial charge in [-0.05, 0) is 75.6 Å². The molecular weight excluding hydrogens is 644 g/mol. The quantitative estimate of drug-likeness (QED) is 0.185. The van der Waals surface area contributed by atoms with Crippen LogP contribution in [0.1, 0.15) is 63.4 Å². The summed E-state index contributed by atoms with van der Waals surface area (Å²) in [5, 5.41) is 8.39. The van der Waals surface area contributed by atoms with E-state index in [1.54, 1.807) is 24.0 Å². The minimum Gasteiger partial charge on any atom is -0.454 e. The summed E-state index contributed by atoms with van der Waals surface area (Å²) in [6.07, 6.45) is 4.06. The number of carbonyl (C=O) groups excluding carboxylic acids is 1. The number of nitrogens with one attached hydrogen (secondary N) is 2. The van der Waals surface area contributed by atoms with Crippen LogP contribution in [0.2, 0.25) is 0 Å². The molecule has 11 heteroatoms. The van der Waals surface area contributed by atoms with Gasteiger partial charge in [0.1, 0.15) is 18.2 Å². The Morgan fingerprint density at radius 1 is 1.00 bits per heavy atom. The summed E-state index contributed by atoms with van der Waals surface area (Å²) < 4.78 is 45.2. The van der Waals surface area contributed by atoms with Crippen molar-refractivity contribution in [3.05, 3.63) is 93.9 Å². The van der Waals surface area contributed by atoms with Crippen LogP contribution in [0, 0.1) is 11.6 Å². The SMILES string of the molecule is Cn1nc2nc1-c1cc(ccc1F)Oc1c(F)cc3[nH]ccc3c1COC(=O)NC(C)(C)CCCCC2(C)c1cccc(Br)c1. The second kappa shape index (κ2) is 11.9. The Hall–Kier alpha value is -4.25. The van der Waals surface area contributed by atoms with Crippen molar-refractivity contribution >= 4 is 32.9 Å². The van der Waals surface area contributed by atoms with Gasteiger partial charge in [-0.15, -0.1) is 0 Å². The zero-order valence-electron chi connectivity index (χ0n) is 25.5. The third-order valence-corrected chi connectivity index (χ3v) is 8.99. The molecule has 0 spiro atoms. The van der Waals surface area contributed by atoms with Crippen LogP contribution in [0.3, 0.4) is 0 Å². The van der Waals surface area contributed by atoms with Gasteiger partial charge in [-0.25, -0.2) is 23.2 Å². The second-order valence-corrected chi connectivity index (χ2v) is 13.3. The predicted octanol–water partition coefficient (Wildman–Crippen LogP) is 8.68. The Labute approximate surface area is 268 Å². The van der Waals surface area contributed by atoms with Crippen LogP contribution in [0.5, 0.6) is 11.5 Å². The van der Waals surface area contributed by atoms with Gasteiger partial charge >= 0.3 is 6.09 Å². The lowest BCUT2D eigenvalue weighted by atomic mass is 9.77. The summed E-state index contributed by atoms with van der Waals surface area (Å²) >= 11 is 3.60. The molecule has 3 aromatic carbocycles. The molecule has 0 aliphatic carbocycles. The van der Waals surface area contributed by atoms with E-state index in [2.05, 4.69) is 39.2 Å². The number of amides is 1. The zero-order chi connectivity index (χ0) is 31.9. The van der Waals surface area contributed by atoms with E-state index >= 15 is 8.78 Å². The molecule has 0 saturated heterocycles. The first kappa shape index (κ1) is 30.8. The number of H-pyrrole nitrogens is 1. The van der Waals surface area contributed by atoms with Crippen LogP contribution in [0.25, 0.3) is 22.3 Å². The van der Waals surface area contributed by atoms with Gasteiger partial charge in [0.15, 0.2) is 23.2 Å². The highest BCUT2D eigenvalue weighted by molar-refractivity contribution is 9.10. The second-order valence-electron chi connectivity index (χ2n) is 12.4. The number of aryl methyl sites for hydroxylation is 1. The molecule has 0 saturated carbocycles. The summed E-state index contributed by atoms with van der Waals surface area (Å²) in [7, 11) is 1.73. The van der Waals surface area contributed by atoms with Crippen molar-refractivity contribution in [3.8, 4) is 22.9 Å². The number of cyclic esters (lactones) is 1. The number of aromatic amines is 1. The van der Waals surface area contributed by atoms with Gasteiger partial charge in [-0.2, -0.15) is 5.10 Å². The van der Waals surface area contributed by atoms with Gasteiger partial charge in [0.2, 0.25) is 0 Å². The molecule has 1 aliphatic rings. The van der Waals surface area contributed by atoms with Crippen LogP contribution in [0.4, 0.5) is 13.6 Å². The van der Waals surface area contributed by atoms with E-state index in [0.717, 1.165) is 22.9 Å². The van der Waals surface area contributed by atoms with E-state index in [9.17, 15) is 4.79 Å². The maximum atomic E-state index is 15.5. The van der Waals surface area contributed by atoms with Crippen LogP contribution >= 0.6 is 15.9 Å². The topological polar surface area (TPSA) is 94.1 Å². The highest BCUT2D eigenvalue weighted by Crippen LogP contribution is 2.40. The third kappa shape index (κ3) is 6.18. The van der Waals surface area contributed by atoms with Gasteiger partial charge in [0.25, 0.3) is 0 Å². The minimum absolute atomic E-state index is 0.120. The van der Waals surface area contributed by atoms with E-state index < -0.39 is 28.7 Å². The summed E-state index contributed by atoms with van der Waals surface area (Å²) in [5.41, 5.74) is 0.871. The first-order valence-electron chi connectivity index (χ1n) is 14.8. The van der Waals surface area contributed by atoms with E-state index in [1.807, 2.05) is 32.0 Å². The fourth-order valence-corrected chi connectivity index (χ4v) is 6.36. The average Bonchev–Trinajstić information content (AvgIpc) is 3.62. The standard InChI is InChI=1S/C34H34BrF2N5O3/c1-33(2)13-5-6-14-34(3,20-8-7-9-21(35)16-20)31-39-30(42(4)41-31)24-17-22(10-11-26(24)36)45-29-25(19-44-32(43)40-33)23-12-15-38-28(23)18-27(29)37/h7-12,15-18,38H,5-6,13-14,19H2,1-4H3,(H,40,43). The van der Waals surface area contributed by atoms with Gasteiger partial charge in [0.05, 0.1) is 11.0 Å². The maximum absolute atomic E-state index is 15.5. The number of ether oxygens (including phenoxy) is 2. The third-order valence-electron chi connectivity index (χ3n) is 8.50. The molecular formula is C34H34BrF2N5O3. The Bertz CT molecular complexity index is 1900. The molecule has 0 radical (unpaired) electrons. The summed E-state index contributed by atoms with van der Waals surface area (Å²) in [6.45, 7) is 5.74. The van der Waals surface area contributed by atoms with Gasteiger partial charge in [0, 0.05) is 45.8 Å². The molecule has 8 nitrogen and oxygen atoms in total. The number of nitrogens with zero attached hydrogens (tertiary/aromatic N) is 3. The predicted molar refractivity (Wildman–Crippen MR) is 171 cm³/mol. The summed E-state index contributed by atoms with van der Waals surface area (Å²) in [6, 6.07) is 15.3. The fourth-order valence-electron chi connectivity index (χ4n) is 5.96. The maximum Gasteiger partial charge on any atom is 0.407 e. The summed E-state index contributed by atoms with van der Waals surface area (Å²) in [4.78, 5) is 20.9. The molecule has 234 valence electrons. The largest absolute Gasteiger partial charge is 0.454 e. The first-order valence-corrected chi connectivity index (χ1v) is 15.6. The molecule has 45 heavy (non-hydrogen) atoms. The number of rotatable bonds is 1. The van der Waals surface area contributed by atoms with E-state index in [0.29, 0.717) is 41.0 Å². The number of benzene rings is 3. The lowest BCUT2D eigenvalue weighted by Crippen LogP contribution is -2.43. The molecule has 6 rings (SSSR count).